The van der Waals surface area contributed by atoms with Gasteiger partial charge in [-0.05, 0) is 37.1 Å². The van der Waals surface area contributed by atoms with Crippen LogP contribution in [0.25, 0.3) is 11.0 Å². The van der Waals surface area contributed by atoms with Crippen molar-refractivity contribution in [3.63, 3.8) is 0 Å². The molecule has 0 bridgehead atoms. The van der Waals surface area contributed by atoms with Gasteiger partial charge in [-0.1, -0.05) is 31.2 Å². The van der Waals surface area contributed by atoms with Crippen LogP contribution in [-0.4, -0.2) is 15.5 Å². The highest BCUT2D eigenvalue weighted by Crippen LogP contribution is 2.33. The first-order valence-electron chi connectivity index (χ1n) is 8.79. The zero-order chi connectivity index (χ0) is 20.6. The fourth-order valence-corrected chi connectivity index (χ4v) is 3.35. The Morgan fingerprint density at radius 1 is 1.21 bits per heavy atom. The molecule has 3 rings (SSSR count). The van der Waals surface area contributed by atoms with Crippen LogP contribution in [0.5, 0.6) is 0 Å². The van der Waals surface area contributed by atoms with Crippen LogP contribution in [-0.2, 0) is 10.2 Å². The van der Waals surface area contributed by atoms with Crippen LogP contribution in [0.1, 0.15) is 43.9 Å². The van der Waals surface area contributed by atoms with E-state index < -0.39 is 34.9 Å². The Kier molecular flexibility index (Phi) is 4.90. The number of hydrogen-bond donors (Lipinski definition) is 1. The molecule has 28 heavy (non-hydrogen) atoms. The maximum absolute atomic E-state index is 14.4. The summed E-state index contributed by atoms with van der Waals surface area (Å²) < 4.78 is 29.4. The fraction of sp³-hybridized carbons (Fsp3) is 0.286. The van der Waals surface area contributed by atoms with Crippen molar-refractivity contribution in [1.29, 1.82) is 5.26 Å². The number of nitriles is 1. The van der Waals surface area contributed by atoms with Crippen molar-refractivity contribution in [1.82, 2.24) is 9.55 Å². The van der Waals surface area contributed by atoms with Crippen molar-refractivity contribution in [2.24, 2.45) is 5.73 Å². The molecule has 2 unspecified atom stereocenters. The first-order chi connectivity index (χ1) is 13.2. The number of amides is 1. The van der Waals surface area contributed by atoms with Crippen LogP contribution in [0.2, 0.25) is 0 Å². The predicted octanol–water partition coefficient (Wildman–Crippen LogP) is 3.95. The van der Waals surface area contributed by atoms with Crippen molar-refractivity contribution in [3.8, 4) is 6.07 Å². The minimum Gasteiger partial charge on any atom is -0.368 e. The Morgan fingerprint density at radius 2 is 1.86 bits per heavy atom. The lowest BCUT2D eigenvalue weighted by atomic mass is 9.84. The van der Waals surface area contributed by atoms with Gasteiger partial charge in [-0.25, -0.2) is 13.8 Å². The summed E-state index contributed by atoms with van der Waals surface area (Å²) in [4.78, 5) is 16.3. The van der Waals surface area contributed by atoms with Crippen molar-refractivity contribution in [3.05, 3.63) is 65.5 Å². The van der Waals surface area contributed by atoms with E-state index in [2.05, 4.69) is 11.1 Å². The van der Waals surface area contributed by atoms with Crippen LogP contribution in [0.3, 0.4) is 0 Å². The number of carbonyl (C=O) groups is 1. The van der Waals surface area contributed by atoms with Crippen LogP contribution in [0.4, 0.5) is 8.78 Å². The summed E-state index contributed by atoms with van der Waals surface area (Å²) in [6, 6.07) is 10.9. The molecule has 0 aliphatic heterocycles. The van der Waals surface area contributed by atoms with Gasteiger partial charge in [-0.15, -0.1) is 0 Å². The lowest BCUT2D eigenvalue weighted by molar-refractivity contribution is -0.121. The Hall–Kier alpha value is -3.27. The van der Waals surface area contributed by atoms with Gasteiger partial charge < -0.3 is 10.3 Å². The van der Waals surface area contributed by atoms with Gasteiger partial charge in [0.2, 0.25) is 5.91 Å². The lowest BCUT2D eigenvalue weighted by Gasteiger charge is -2.24. The van der Waals surface area contributed by atoms with Gasteiger partial charge in [-0.3, -0.25) is 4.79 Å². The molecule has 0 radical (unpaired) electrons. The molecule has 1 heterocycles. The van der Waals surface area contributed by atoms with Gasteiger partial charge in [0.25, 0.3) is 0 Å². The van der Waals surface area contributed by atoms with Crippen LogP contribution >= 0.6 is 0 Å². The van der Waals surface area contributed by atoms with Crippen molar-refractivity contribution in [2.75, 3.05) is 0 Å². The average Bonchev–Trinajstić information content (AvgIpc) is 3.09. The number of imidazole rings is 1. The Balaban J connectivity index is 2.06. The summed E-state index contributed by atoms with van der Waals surface area (Å²) in [7, 11) is 0. The molecule has 1 amide bonds. The van der Waals surface area contributed by atoms with Crippen LogP contribution in [0.15, 0.2) is 42.7 Å². The number of benzene rings is 2. The lowest BCUT2D eigenvalue weighted by Crippen LogP contribution is -2.30. The highest BCUT2D eigenvalue weighted by atomic mass is 19.2. The van der Waals surface area contributed by atoms with Crippen LogP contribution < -0.4 is 5.73 Å². The van der Waals surface area contributed by atoms with E-state index in [-0.39, 0.29) is 11.0 Å². The Labute approximate surface area is 161 Å². The molecule has 0 aliphatic carbocycles. The maximum atomic E-state index is 14.4. The molecule has 0 fully saturated rings. The molecule has 7 heteroatoms. The highest BCUT2D eigenvalue weighted by molar-refractivity contribution is 5.84. The first-order valence-corrected chi connectivity index (χ1v) is 8.79. The SMILES string of the molecule is CC(c1ccc(C(C)(C)C#N)cc1)C(C(N)=O)n1cnc2ccc(F)c(F)c21. The molecule has 2 atom stereocenters. The zero-order valence-corrected chi connectivity index (χ0v) is 15.8. The summed E-state index contributed by atoms with van der Waals surface area (Å²) in [6.45, 7) is 5.40. The standard InChI is InChI=1S/C21H20F2N4O/c1-12(13-4-6-14(7-5-13)21(2,3)10-24)18(20(25)28)27-11-26-16-9-8-15(22)17(23)19(16)27/h4-9,11-12,18H,1-3H3,(H2,25,28). The topological polar surface area (TPSA) is 84.7 Å². The fourth-order valence-electron chi connectivity index (χ4n) is 3.35. The van der Waals surface area contributed by atoms with E-state index in [0.717, 1.165) is 17.2 Å². The van der Waals surface area contributed by atoms with E-state index in [1.54, 1.807) is 6.92 Å². The third-order valence-corrected chi connectivity index (χ3v) is 5.13. The van der Waals surface area contributed by atoms with Gasteiger partial charge in [0.05, 0.1) is 23.3 Å². The largest absolute Gasteiger partial charge is 0.368 e. The molecule has 0 aliphatic rings. The minimum atomic E-state index is -1.07. The number of halogens is 2. The monoisotopic (exact) mass is 382 g/mol. The molecule has 5 nitrogen and oxygen atoms in total. The van der Waals surface area contributed by atoms with E-state index in [1.807, 2.05) is 38.1 Å². The molecular formula is C21H20F2N4O. The van der Waals surface area contributed by atoms with Crippen LogP contribution in [0, 0.1) is 23.0 Å². The molecule has 2 N–H and O–H groups in total. The third kappa shape index (κ3) is 3.22. The minimum absolute atomic E-state index is 0.0992. The second-order valence-electron chi connectivity index (χ2n) is 7.38. The van der Waals surface area contributed by atoms with Gasteiger partial charge in [-0.2, -0.15) is 5.26 Å². The highest BCUT2D eigenvalue weighted by Gasteiger charge is 2.29. The van der Waals surface area contributed by atoms with E-state index in [9.17, 15) is 18.8 Å². The number of fused-ring (bicyclic) bond motifs is 1. The van der Waals surface area contributed by atoms with E-state index in [1.165, 1.54) is 17.0 Å². The predicted molar refractivity (Wildman–Crippen MR) is 101 cm³/mol. The number of carbonyl (C=O) groups excluding carboxylic acids is 1. The van der Waals surface area contributed by atoms with E-state index in [0.29, 0.717) is 0 Å². The number of aromatic nitrogens is 2. The number of hydrogen-bond acceptors (Lipinski definition) is 3. The van der Waals surface area contributed by atoms with Crippen molar-refractivity contribution < 1.29 is 13.6 Å². The summed E-state index contributed by atoms with van der Waals surface area (Å²) in [5, 5.41) is 9.27. The average molecular weight is 382 g/mol. The maximum Gasteiger partial charge on any atom is 0.241 e. The third-order valence-electron chi connectivity index (χ3n) is 5.13. The van der Waals surface area contributed by atoms with Gasteiger partial charge in [0.15, 0.2) is 11.6 Å². The van der Waals surface area contributed by atoms with Gasteiger partial charge in [0.1, 0.15) is 11.6 Å². The first kappa shape index (κ1) is 19.5. The number of nitrogens with zero attached hydrogens (tertiary/aromatic N) is 3. The number of nitrogens with two attached hydrogens (primary N) is 1. The smallest absolute Gasteiger partial charge is 0.241 e. The molecule has 0 spiro atoms. The Morgan fingerprint density at radius 3 is 2.43 bits per heavy atom. The second kappa shape index (κ2) is 7.04. The normalized spacial score (nSPS) is 13.9. The van der Waals surface area contributed by atoms with E-state index >= 15 is 0 Å². The molecule has 3 aromatic rings. The molecule has 2 aromatic carbocycles. The molecule has 0 saturated heterocycles. The molecule has 144 valence electrons. The summed E-state index contributed by atoms with van der Waals surface area (Å²) in [6.07, 6.45) is 1.30. The Bertz CT molecular complexity index is 1080. The van der Waals surface area contributed by atoms with E-state index in [4.69, 9.17) is 5.73 Å². The second-order valence-corrected chi connectivity index (χ2v) is 7.38. The molecular weight excluding hydrogens is 362 g/mol. The summed E-state index contributed by atoms with van der Waals surface area (Å²) in [5.74, 6) is -3.21. The molecule has 0 saturated carbocycles. The quantitative estimate of drug-likeness (QED) is 0.725. The molecule has 1 aromatic heterocycles. The zero-order valence-electron chi connectivity index (χ0n) is 15.8. The van der Waals surface area contributed by atoms with Gasteiger partial charge in [0, 0.05) is 5.92 Å². The number of primary amides is 1. The summed E-state index contributed by atoms with van der Waals surface area (Å²) in [5.41, 5.74) is 6.73. The van der Waals surface area contributed by atoms with Gasteiger partial charge >= 0.3 is 0 Å². The number of rotatable bonds is 5. The summed E-state index contributed by atoms with van der Waals surface area (Å²) >= 11 is 0. The van der Waals surface area contributed by atoms with Crippen molar-refractivity contribution >= 4 is 16.9 Å². The van der Waals surface area contributed by atoms with Crippen molar-refractivity contribution in [2.45, 2.75) is 38.1 Å².